The number of carbonyl (C=O) groups is 1. The minimum atomic E-state index is -0.117. The SMILES string of the molecule is CCOC(=O)CC(C)Sc1ccccc1. The number of benzene rings is 1. The lowest BCUT2D eigenvalue weighted by molar-refractivity contribution is -0.142. The number of hydrogen-bond acceptors (Lipinski definition) is 3. The van der Waals surface area contributed by atoms with Gasteiger partial charge in [0.05, 0.1) is 13.0 Å². The zero-order valence-corrected chi connectivity index (χ0v) is 9.92. The Labute approximate surface area is 95.0 Å². The predicted molar refractivity (Wildman–Crippen MR) is 63.0 cm³/mol. The summed E-state index contributed by atoms with van der Waals surface area (Å²) in [5, 5.41) is 0.256. The van der Waals surface area contributed by atoms with Gasteiger partial charge >= 0.3 is 5.97 Å². The largest absolute Gasteiger partial charge is 0.466 e. The zero-order valence-electron chi connectivity index (χ0n) is 9.10. The molecule has 3 heteroatoms. The van der Waals surface area contributed by atoms with Gasteiger partial charge in [0, 0.05) is 10.1 Å². The molecule has 1 aromatic carbocycles. The molecule has 1 unspecified atom stereocenters. The highest BCUT2D eigenvalue weighted by atomic mass is 32.2. The lowest BCUT2D eigenvalue weighted by Gasteiger charge is -2.09. The summed E-state index contributed by atoms with van der Waals surface area (Å²) < 4.78 is 4.90. The van der Waals surface area contributed by atoms with Crippen molar-refractivity contribution < 1.29 is 9.53 Å². The number of esters is 1. The second kappa shape index (κ2) is 6.51. The summed E-state index contributed by atoms with van der Waals surface area (Å²) in [6.07, 6.45) is 0.466. The summed E-state index contributed by atoms with van der Waals surface area (Å²) in [6, 6.07) is 10.1. The van der Waals surface area contributed by atoms with Crippen LogP contribution in [0, 0.1) is 0 Å². The van der Waals surface area contributed by atoms with E-state index in [4.69, 9.17) is 4.74 Å². The monoisotopic (exact) mass is 224 g/mol. The quantitative estimate of drug-likeness (QED) is 0.568. The van der Waals surface area contributed by atoms with Crippen LogP contribution in [0.15, 0.2) is 35.2 Å². The van der Waals surface area contributed by atoms with Gasteiger partial charge in [0.25, 0.3) is 0 Å². The van der Waals surface area contributed by atoms with Gasteiger partial charge in [-0.05, 0) is 19.1 Å². The van der Waals surface area contributed by atoms with Crippen LogP contribution >= 0.6 is 11.8 Å². The lowest BCUT2D eigenvalue weighted by atomic mass is 10.3. The third-order valence-electron chi connectivity index (χ3n) is 1.84. The van der Waals surface area contributed by atoms with Crippen LogP contribution in [-0.4, -0.2) is 17.8 Å². The molecule has 0 aromatic heterocycles. The maximum absolute atomic E-state index is 11.2. The molecule has 0 heterocycles. The Morgan fingerprint density at radius 3 is 2.67 bits per heavy atom. The van der Waals surface area contributed by atoms with Crippen molar-refractivity contribution in [2.75, 3.05) is 6.61 Å². The van der Waals surface area contributed by atoms with Gasteiger partial charge in [-0.15, -0.1) is 11.8 Å². The summed E-state index contributed by atoms with van der Waals surface area (Å²) in [5.74, 6) is -0.117. The average Bonchev–Trinajstić information content (AvgIpc) is 2.19. The van der Waals surface area contributed by atoms with Gasteiger partial charge < -0.3 is 4.74 Å². The molecule has 0 radical (unpaired) electrons. The average molecular weight is 224 g/mol. The molecule has 0 spiro atoms. The first-order valence-electron chi connectivity index (χ1n) is 5.09. The maximum Gasteiger partial charge on any atom is 0.306 e. The molecule has 0 saturated heterocycles. The van der Waals surface area contributed by atoms with E-state index in [1.54, 1.807) is 11.8 Å². The first-order chi connectivity index (χ1) is 7.22. The van der Waals surface area contributed by atoms with Crippen LogP contribution in [0.2, 0.25) is 0 Å². The minimum absolute atomic E-state index is 0.117. The Kier molecular flexibility index (Phi) is 5.26. The normalized spacial score (nSPS) is 12.1. The topological polar surface area (TPSA) is 26.3 Å². The van der Waals surface area contributed by atoms with E-state index in [9.17, 15) is 4.79 Å². The second-order valence-corrected chi connectivity index (χ2v) is 4.76. The third-order valence-corrected chi connectivity index (χ3v) is 2.95. The third kappa shape index (κ3) is 4.88. The summed E-state index contributed by atoms with van der Waals surface area (Å²) in [7, 11) is 0. The molecule has 0 N–H and O–H groups in total. The zero-order chi connectivity index (χ0) is 11.1. The van der Waals surface area contributed by atoms with Crippen LogP contribution in [-0.2, 0) is 9.53 Å². The fraction of sp³-hybridized carbons (Fsp3) is 0.417. The minimum Gasteiger partial charge on any atom is -0.466 e. The van der Waals surface area contributed by atoms with Gasteiger partial charge in [0.2, 0.25) is 0 Å². The molecule has 0 aliphatic carbocycles. The van der Waals surface area contributed by atoms with Gasteiger partial charge in [-0.25, -0.2) is 0 Å². The van der Waals surface area contributed by atoms with E-state index in [-0.39, 0.29) is 11.2 Å². The van der Waals surface area contributed by atoms with Crippen molar-refractivity contribution in [2.45, 2.75) is 30.4 Å². The van der Waals surface area contributed by atoms with Gasteiger partial charge in [0.15, 0.2) is 0 Å². The summed E-state index contributed by atoms with van der Waals surface area (Å²) in [5.41, 5.74) is 0. The highest BCUT2D eigenvalue weighted by Gasteiger charge is 2.10. The van der Waals surface area contributed by atoms with Gasteiger partial charge in [0.1, 0.15) is 0 Å². The maximum atomic E-state index is 11.2. The Morgan fingerprint density at radius 1 is 1.40 bits per heavy atom. The molecule has 1 atom stereocenters. The Balaban J connectivity index is 2.36. The summed E-state index contributed by atoms with van der Waals surface area (Å²) >= 11 is 1.70. The Bertz CT molecular complexity index is 298. The van der Waals surface area contributed by atoms with Crippen LogP contribution < -0.4 is 0 Å². The molecule has 1 rings (SSSR count). The van der Waals surface area contributed by atoms with Gasteiger partial charge in [-0.3, -0.25) is 4.79 Å². The summed E-state index contributed by atoms with van der Waals surface area (Å²) in [6.45, 7) is 4.32. The van der Waals surface area contributed by atoms with E-state index in [2.05, 4.69) is 0 Å². The van der Waals surface area contributed by atoms with Gasteiger partial charge in [-0.2, -0.15) is 0 Å². The van der Waals surface area contributed by atoms with Crippen molar-refractivity contribution in [1.29, 1.82) is 0 Å². The van der Waals surface area contributed by atoms with E-state index in [0.717, 1.165) is 0 Å². The lowest BCUT2D eigenvalue weighted by Crippen LogP contribution is -2.10. The second-order valence-electron chi connectivity index (χ2n) is 3.25. The Hall–Kier alpha value is -0.960. The van der Waals surface area contributed by atoms with Crippen molar-refractivity contribution in [2.24, 2.45) is 0 Å². The number of thioether (sulfide) groups is 1. The van der Waals surface area contributed by atoms with Crippen LogP contribution in [0.4, 0.5) is 0 Å². The smallest absolute Gasteiger partial charge is 0.306 e. The fourth-order valence-electron chi connectivity index (χ4n) is 1.23. The highest BCUT2D eigenvalue weighted by Crippen LogP contribution is 2.24. The molecule has 0 fully saturated rings. The molecule has 0 amide bonds. The van der Waals surface area contributed by atoms with Crippen molar-refractivity contribution in [3.8, 4) is 0 Å². The first kappa shape index (κ1) is 12.1. The molecule has 2 nitrogen and oxygen atoms in total. The van der Waals surface area contributed by atoms with E-state index in [1.165, 1.54) is 4.90 Å². The molecule has 82 valence electrons. The molecule has 1 aromatic rings. The molecule has 0 bridgehead atoms. The number of ether oxygens (including phenoxy) is 1. The standard InChI is InChI=1S/C12H16O2S/c1-3-14-12(13)9-10(2)15-11-7-5-4-6-8-11/h4-8,10H,3,9H2,1-2H3. The van der Waals surface area contributed by atoms with Gasteiger partial charge in [-0.1, -0.05) is 25.1 Å². The molecule has 0 aliphatic rings. The van der Waals surface area contributed by atoms with Crippen LogP contribution in [0.1, 0.15) is 20.3 Å². The number of hydrogen-bond donors (Lipinski definition) is 0. The fourth-order valence-corrected chi connectivity index (χ4v) is 2.23. The van der Waals surface area contributed by atoms with Crippen molar-refractivity contribution >= 4 is 17.7 Å². The van der Waals surface area contributed by atoms with E-state index < -0.39 is 0 Å². The molecular formula is C12H16O2S. The molecular weight excluding hydrogens is 208 g/mol. The van der Waals surface area contributed by atoms with E-state index >= 15 is 0 Å². The molecule has 15 heavy (non-hydrogen) atoms. The van der Waals surface area contributed by atoms with Crippen LogP contribution in [0.5, 0.6) is 0 Å². The van der Waals surface area contributed by atoms with Crippen LogP contribution in [0.3, 0.4) is 0 Å². The number of carbonyl (C=O) groups excluding carboxylic acids is 1. The summed E-state index contributed by atoms with van der Waals surface area (Å²) in [4.78, 5) is 12.4. The molecule has 0 aliphatic heterocycles. The molecule has 0 saturated carbocycles. The predicted octanol–water partition coefficient (Wildman–Crippen LogP) is 3.12. The van der Waals surface area contributed by atoms with Crippen molar-refractivity contribution in [3.63, 3.8) is 0 Å². The van der Waals surface area contributed by atoms with E-state index in [0.29, 0.717) is 13.0 Å². The van der Waals surface area contributed by atoms with Crippen molar-refractivity contribution in [1.82, 2.24) is 0 Å². The van der Waals surface area contributed by atoms with Crippen molar-refractivity contribution in [3.05, 3.63) is 30.3 Å². The number of rotatable bonds is 5. The highest BCUT2D eigenvalue weighted by molar-refractivity contribution is 8.00. The first-order valence-corrected chi connectivity index (χ1v) is 5.97. The van der Waals surface area contributed by atoms with Crippen LogP contribution in [0.25, 0.3) is 0 Å². The van der Waals surface area contributed by atoms with E-state index in [1.807, 2.05) is 44.2 Å². The Morgan fingerprint density at radius 2 is 2.07 bits per heavy atom.